The average Bonchev–Trinajstić information content (AvgIpc) is 2.88. The third kappa shape index (κ3) is 2.19. The van der Waals surface area contributed by atoms with Gasteiger partial charge >= 0.3 is 0 Å². The van der Waals surface area contributed by atoms with E-state index in [9.17, 15) is 4.79 Å². The van der Waals surface area contributed by atoms with Crippen LogP contribution in [0.3, 0.4) is 0 Å². The molecule has 1 amide bonds. The number of hydrogen-bond donors (Lipinski definition) is 1. The predicted octanol–water partition coefficient (Wildman–Crippen LogP) is 1.36. The highest BCUT2D eigenvalue weighted by molar-refractivity contribution is 5.81. The molecule has 0 aromatic rings. The van der Waals surface area contributed by atoms with Gasteiger partial charge in [0.15, 0.2) is 0 Å². The molecule has 0 aromatic heterocycles. The van der Waals surface area contributed by atoms with E-state index in [1.165, 1.54) is 0 Å². The molecule has 2 unspecified atom stereocenters. The van der Waals surface area contributed by atoms with Gasteiger partial charge < -0.3 is 10.1 Å². The molecule has 88 valence electrons. The number of ether oxygens (including phenoxy) is 1. The van der Waals surface area contributed by atoms with Gasteiger partial charge in [-0.05, 0) is 39.0 Å². The zero-order valence-corrected chi connectivity index (χ0v) is 9.66. The Labute approximate surface area is 96.0 Å². The van der Waals surface area contributed by atoms with Crippen molar-refractivity contribution in [2.75, 3.05) is 6.61 Å². The van der Waals surface area contributed by atoms with E-state index >= 15 is 0 Å². The van der Waals surface area contributed by atoms with E-state index in [1.807, 2.05) is 6.92 Å². The minimum atomic E-state index is -0.545. The van der Waals surface area contributed by atoms with Crippen LogP contribution < -0.4 is 5.32 Å². The summed E-state index contributed by atoms with van der Waals surface area (Å²) in [5, 5.41) is 11.8. The highest BCUT2D eigenvalue weighted by Crippen LogP contribution is 2.36. The maximum atomic E-state index is 12.0. The van der Waals surface area contributed by atoms with E-state index in [4.69, 9.17) is 10.00 Å². The van der Waals surface area contributed by atoms with Crippen LogP contribution in [0.15, 0.2) is 0 Å². The van der Waals surface area contributed by atoms with Crippen LogP contribution in [0, 0.1) is 17.2 Å². The molecule has 0 aromatic carbocycles. The Morgan fingerprint density at radius 1 is 1.56 bits per heavy atom. The Morgan fingerprint density at radius 2 is 2.31 bits per heavy atom. The van der Waals surface area contributed by atoms with E-state index in [2.05, 4.69) is 11.4 Å². The van der Waals surface area contributed by atoms with Crippen LogP contribution in [0.2, 0.25) is 0 Å². The number of amides is 1. The smallest absolute Gasteiger partial charge is 0.226 e. The normalized spacial score (nSPS) is 30.8. The van der Waals surface area contributed by atoms with Crippen LogP contribution in [0.1, 0.15) is 39.0 Å². The summed E-state index contributed by atoms with van der Waals surface area (Å²) < 4.78 is 5.56. The van der Waals surface area contributed by atoms with Crippen molar-refractivity contribution in [2.45, 2.75) is 50.7 Å². The van der Waals surface area contributed by atoms with Gasteiger partial charge in [0.05, 0.1) is 18.1 Å². The van der Waals surface area contributed by atoms with Gasteiger partial charge in [0, 0.05) is 6.61 Å². The molecule has 2 fully saturated rings. The molecule has 0 radical (unpaired) electrons. The summed E-state index contributed by atoms with van der Waals surface area (Å²) in [5.74, 6) is -0.0409. The topological polar surface area (TPSA) is 62.1 Å². The lowest BCUT2D eigenvalue weighted by atomic mass is 10.0. The molecule has 2 atom stereocenters. The Morgan fingerprint density at radius 3 is 2.88 bits per heavy atom. The Kier molecular flexibility index (Phi) is 3.15. The summed E-state index contributed by atoms with van der Waals surface area (Å²) in [6.45, 7) is 2.60. The Hall–Kier alpha value is -1.08. The third-order valence-corrected chi connectivity index (χ3v) is 3.50. The highest BCUT2D eigenvalue weighted by Gasteiger charge is 2.46. The fourth-order valence-electron chi connectivity index (χ4n) is 2.36. The van der Waals surface area contributed by atoms with Gasteiger partial charge in [0.25, 0.3) is 0 Å². The van der Waals surface area contributed by atoms with Crippen molar-refractivity contribution in [1.29, 1.82) is 5.26 Å². The zero-order valence-electron chi connectivity index (χ0n) is 9.66. The molecule has 2 rings (SSSR count). The zero-order chi connectivity index (χ0) is 11.6. The number of carbonyl (C=O) groups is 1. The molecule has 0 bridgehead atoms. The van der Waals surface area contributed by atoms with Gasteiger partial charge in [-0.15, -0.1) is 0 Å². The first kappa shape index (κ1) is 11.4. The summed E-state index contributed by atoms with van der Waals surface area (Å²) in [5.41, 5.74) is -0.545. The second-order valence-corrected chi connectivity index (χ2v) is 4.71. The summed E-state index contributed by atoms with van der Waals surface area (Å²) in [4.78, 5) is 12.0. The van der Waals surface area contributed by atoms with E-state index in [-0.39, 0.29) is 17.9 Å². The molecule has 2 aliphatic rings. The maximum Gasteiger partial charge on any atom is 0.226 e. The van der Waals surface area contributed by atoms with E-state index in [0.717, 1.165) is 32.1 Å². The lowest BCUT2D eigenvalue weighted by molar-refractivity contribution is -0.129. The predicted molar refractivity (Wildman–Crippen MR) is 58.5 cm³/mol. The van der Waals surface area contributed by atoms with Crippen LogP contribution in [-0.4, -0.2) is 24.2 Å². The van der Waals surface area contributed by atoms with Crippen molar-refractivity contribution in [3.63, 3.8) is 0 Å². The van der Waals surface area contributed by atoms with E-state index in [0.29, 0.717) is 6.61 Å². The number of carbonyl (C=O) groups excluding carboxylic acids is 1. The monoisotopic (exact) mass is 222 g/mol. The van der Waals surface area contributed by atoms with Gasteiger partial charge in [0.2, 0.25) is 5.91 Å². The summed E-state index contributed by atoms with van der Waals surface area (Å²) >= 11 is 0. The molecule has 2 saturated carbocycles. The number of hydrogen-bond acceptors (Lipinski definition) is 3. The molecular formula is C12H18N2O2. The van der Waals surface area contributed by atoms with Crippen LogP contribution in [0.4, 0.5) is 0 Å². The van der Waals surface area contributed by atoms with Crippen LogP contribution in [-0.2, 0) is 9.53 Å². The Bertz CT molecular complexity index is 317. The third-order valence-electron chi connectivity index (χ3n) is 3.50. The van der Waals surface area contributed by atoms with Crippen molar-refractivity contribution in [1.82, 2.24) is 5.32 Å². The van der Waals surface area contributed by atoms with E-state index in [1.54, 1.807) is 0 Å². The maximum absolute atomic E-state index is 12.0. The van der Waals surface area contributed by atoms with Crippen LogP contribution in [0.25, 0.3) is 0 Å². The minimum absolute atomic E-state index is 0.00926. The molecule has 16 heavy (non-hydrogen) atoms. The fourth-order valence-corrected chi connectivity index (χ4v) is 2.36. The lowest BCUT2D eigenvalue weighted by Gasteiger charge is -2.20. The highest BCUT2D eigenvalue weighted by atomic mass is 16.5. The molecule has 4 heteroatoms. The second-order valence-electron chi connectivity index (χ2n) is 4.71. The fraction of sp³-hybridized carbons (Fsp3) is 0.833. The number of nitrogens with zero attached hydrogens (tertiary/aromatic N) is 1. The molecule has 2 aliphatic carbocycles. The molecule has 0 spiro atoms. The van der Waals surface area contributed by atoms with Crippen LogP contribution >= 0.6 is 0 Å². The van der Waals surface area contributed by atoms with Crippen LogP contribution in [0.5, 0.6) is 0 Å². The van der Waals surface area contributed by atoms with Crippen molar-refractivity contribution in [3.8, 4) is 6.07 Å². The molecule has 0 heterocycles. The number of nitrogens with one attached hydrogen (secondary N) is 1. The quantitative estimate of drug-likeness (QED) is 0.781. The first-order valence-electron chi connectivity index (χ1n) is 6.05. The van der Waals surface area contributed by atoms with Gasteiger partial charge in [-0.1, -0.05) is 0 Å². The second kappa shape index (κ2) is 4.42. The number of rotatable bonds is 4. The average molecular weight is 222 g/mol. The number of nitriles is 1. The van der Waals surface area contributed by atoms with Crippen molar-refractivity contribution < 1.29 is 9.53 Å². The van der Waals surface area contributed by atoms with E-state index < -0.39 is 5.54 Å². The minimum Gasteiger partial charge on any atom is -0.378 e. The first-order chi connectivity index (χ1) is 7.71. The standard InChI is InChI=1S/C12H18N2O2/c1-2-16-10-5-3-4-9(10)11(15)14-12(8-13)6-7-12/h9-10H,2-7H2,1H3,(H,14,15). The van der Waals surface area contributed by atoms with Gasteiger partial charge in [-0.3, -0.25) is 4.79 Å². The van der Waals surface area contributed by atoms with Gasteiger partial charge in [-0.2, -0.15) is 5.26 Å². The SMILES string of the molecule is CCOC1CCCC1C(=O)NC1(C#N)CC1. The van der Waals surface area contributed by atoms with Gasteiger partial charge in [-0.25, -0.2) is 0 Å². The molecular weight excluding hydrogens is 204 g/mol. The largest absolute Gasteiger partial charge is 0.378 e. The van der Waals surface area contributed by atoms with Crippen molar-refractivity contribution >= 4 is 5.91 Å². The summed E-state index contributed by atoms with van der Waals surface area (Å²) in [7, 11) is 0. The summed E-state index contributed by atoms with van der Waals surface area (Å²) in [6.07, 6.45) is 4.54. The van der Waals surface area contributed by atoms with Gasteiger partial charge in [0.1, 0.15) is 5.54 Å². The molecule has 0 aliphatic heterocycles. The first-order valence-corrected chi connectivity index (χ1v) is 6.05. The molecule has 0 saturated heterocycles. The lowest BCUT2D eigenvalue weighted by Crippen LogP contribution is -2.42. The van der Waals surface area contributed by atoms with Crippen molar-refractivity contribution in [3.05, 3.63) is 0 Å². The van der Waals surface area contributed by atoms with Crippen molar-refractivity contribution in [2.24, 2.45) is 5.92 Å². The molecule has 1 N–H and O–H groups in total. The Balaban J connectivity index is 1.91. The molecule has 4 nitrogen and oxygen atoms in total. The summed E-state index contributed by atoms with van der Waals surface area (Å²) in [6, 6.07) is 2.18.